The summed E-state index contributed by atoms with van der Waals surface area (Å²) in [6.07, 6.45) is 1.72. The lowest BCUT2D eigenvalue weighted by Gasteiger charge is -2.38. The van der Waals surface area contributed by atoms with Gasteiger partial charge in [0.2, 0.25) is 5.91 Å². The van der Waals surface area contributed by atoms with Crippen molar-refractivity contribution < 1.29 is 9.21 Å². The number of rotatable bonds is 4. The van der Waals surface area contributed by atoms with Crippen LogP contribution < -0.4 is 4.90 Å². The van der Waals surface area contributed by atoms with Crippen LogP contribution in [-0.4, -0.2) is 60.0 Å². The minimum atomic E-state index is 0.115. The number of para-hydroxylation sites is 2. The zero-order valence-electron chi connectivity index (χ0n) is 18.2. The molecule has 3 heterocycles. The van der Waals surface area contributed by atoms with E-state index in [1.807, 2.05) is 24.3 Å². The number of piperidine rings is 1. The van der Waals surface area contributed by atoms with Crippen LogP contribution in [0.4, 0.5) is 6.01 Å². The van der Waals surface area contributed by atoms with Crippen molar-refractivity contribution in [2.75, 3.05) is 44.2 Å². The number of hydrogen-bond acceptors (Lipinski definition) is 5. The van der Waals surface area contributed by atoms with Gasteiger partial charge in [-0.15, -0.1) is 0 Å². The highest BCUT2D eigenvalue weighted by Crippen LogP contribution is 2.27. The minimum Gasteiger partial charge on any atom is -0.423 e. The fraction of sp³-hybridized carbons (Fsp3) is 0.440. The molecule has 5 rings (SSSR count). The monoisotopic (exact) mass is 418 g/mol. The number of aryl methyl sites for hydroxylation is 1. The third kappa shape index (κ3) is 4.44. The average Bonchev–Trinajstić information content (AvgIpc) is 3.24. The normalized spacial score (nSPS) is 18.6. The summed E-state index contributed by atoms with van der Waals surface area (Å²) in [4.78, 5) is 24.4. The van der Waals surface area contributed by atoms with Gasteiger partial charge in [0.05, 0.1) is 0 Å². The first-order chi connectivity index (χ1) is 15.2. The third-order valence-electron chi connectivity index (χ3n) is 6.57. The molecule has 0 N–H and O–H groups in total. The van der Waals surface area contributed by atoms with Gasteiger partial charge in [0, 0.05) is 51.7 Å². The first kappa shape index (κ1) is 20.1. The van der Waals surface area contributed by atoms with Crippen molar-refractivity contribution in [1.82, 2.24) is 14.8 Å². The highest BCUT2D eigenvalue weighted by molar-refractivity contribution is 5.79. The smallest absolute Gasteiger partial charge is 0.298 e. The number of aromatic nitrogens is 1. The van der Waals surface area contributed by atoms with Crippen molar-refractivity contribution in [2.24, 2.45) is 5.92 Å². The van der Waals surface area contributed by atoms with E-state index in [-0.39, 0.29) is 5.92 Å². The van der Waals surface area contributed by atoms with Gasteiger partial charge in [0.15, 0.2) is 5.58 Å². The predicted molar refractivity (Wildman–Crippen MR) is 122 cm³/mol. The number of benzene rings is 2. The fourth-order valence-electron chi connectivity index (χ4n) is 4.77. The summed E-state index contributed by atoms with van der Waals surface area (Å²) < 4.78 is 5.90. The highest BCUT2D eigenvalue weighted by Gasteiger charge is 2.31. The molecule has 0 unspecified atom stereocenters. The Bertz CT molecular complexity index is 1010. The molecule has 6 nitrogen and oxygen atoms in total. The minimum absolute atomic E-state index is 0.115. The molecule has 2 aliphatic heterocycles. The van der Waals surface area contributed by atoms with E-state index in [2.05, 4.69) is 50.9 Å². The van der Waals surface area contributed by atoms with Crippen molar-refractivity contribution in [2.45, 2.75) is 26.3 Å². The molecule has 162 valence electrons. The standard InChI is InChI=1S/C25H30N4O2/c1-19-5-4-6-20(17-19)18-27-13-15-28(16-14-27)24(30)21-9-11-29(12-10-21)25-26-22-7-2-3-8-23(22)31-25/h2-8,17,21H,9-16,18H2,1H3. The van der Waals surface area contributed by atoms with Crippen LogP contribution in [0.5, 0.6) is 0 Å². The van der Waals surface area contributed by atoms with Crippen LogP contribution >= 0.6 is 0 Å². The lowest BCUT2D eigenvalue weighted by molar-refractivity contribution is -0.138. The summed E-state index contributed by atoms with van der Waals surface area (Å²) in [7, 11) is 0. The summed E-state index contributed by atoms with van der Waals surface area (Å²) in [5.74, 6) is 0.441. The third-order valence-corrected chi connectivity index (χ3v) is 6.57. The molecular weight excluding hydrogens is 388 g/mol. The maximum atomic E-state index is 13.1. The molecule has 2 fully saturated rings. The number of oxazole rings is 1. The lowest BCUT2D eigenvalue weighted by Crippen LogP contribution is -2.51. The molecule has 0 atom stereocenters. The number of piperazine rings is 1. The van der Waals surface area contributed by atoms with Gasteiger partial charge in [-0.05, 0) is 37.5 Å². The number of hydrogen-bond donors (Lipinski definition) is 0. The van der Waals surface area contributed by atoms with E-state index in [9.17, 15) is 4.79 Å². The van der Waals surface area contributed by atoms with Gasteiger partial charge in [-0.2, -0.15) is 4.98 Å². The molecule has 2 aliphatic rings. The topological polar surface area (TPSA) is 52.8 Å². The van der Waals surface area contributed by atoms with E-state index >= 15 is 0 Å². The van der Waals surface area contributed by atoms with E-state index in [4.69, 9.17) is 4.42 Å². The molecule has 0 saturated carbocycles. The molecule has 6 heteroatoms. The van der Waals surface area contributed by atoms with E-state index in [1.165, 1.54) is 11.1 Å². The summed E-state index contributed by atoms with van der Waals surface area (Å²) in [6.45, 7) is 8.28. The highest BCUT2D eigenvalue weighted by atomic mass is 16.4. The Kier molecular flexibility index (Phi) is 5.64. The molecule has 1 aromatic heterocycles. The molecule has 0 aliphatic carbocycles. The van der Waals surface area contributed by atoms with Gasteiger partial charge >= 0.3 is 0 Å². The predicted octanol–water partition coefficient (Wildman–Crippen LogP) is 3.70. The molecule has 0 spiro atoms. The van der Waals surface area contributed by atoms with Crippen molar-refractivity contribution in [3.05, 3.63) is 59.7 Å². The van der Waals surface area contributed by atoms with Crippen LogP contribution in [0.1, 0.15) is 24.0 Å². The lowest BCUT2D eigenvalue weighted by atomic mass is 9.95. The van der Waals surface area contributed by atoms with Gasteiger partial charge in [0.1, 0.15) is 5.52 Å². The second-order valence-corrected chi connectivity index (χ2v) is 8.82. The van der Waals surface area contributed by atoms with E-state index in [0.29, 0.717) is 11.9 Å². The molecule has 3 aromatic rings. The van der Waals surface area contributed by atoms with Crippen molar-refractivity contribution in [3.63, 3.8) is 0 Å². The molecule has 2 saturated heterocycles. The SMILES string of the molecule is Cc1cccc(CN2CCN(C(=O)C3CCN(c4nc5ccccc5o4)CC3)CC2)c1. The Morgan fingerprint density at radius 2 is 1.77 bits per heavy atom. The second-order valence-electron chi connectivity index (χ2n) is 8.82. The Morgan fingerprint density at radius 1 is 1.00 bits per heavy atom. The van der Waals surface area contributed by atoms with E-state index in [1.54, 1.807) is 0 Å². The second kappa shape index (κ2) is 8.71. The van der Waals surface area contributed by atoms with E-state index < -0.39 is 0 Å². The van der Waals surface area contributed by atoms with Crippen LogP contribution in [0.15, 0.2) is 52.9 Å². The Morgan fingerprint density at radius 3 is 2.52 bits per heavy atom. The average molecular weight is 419 g/mol. The number of carbonyl (C=O) groups excluding carboxylic acids is 1. The van der Waals surface area contributed by atoms with Gasteiger partial charge < -0.3 is 14.2 Å². The Balaban J connectivity index is 1.11. The Hall–Kier alpha value is -2.86. The number of amides is 1. The largest absolute Gasteiger partial charge is 0.423 e. The van der Waals surface area contributed by atoms with Crippen LogP contribution in [-0.2, 0) is 11.3 Å². The molecule has 31 heavy (non-hydrogen) atoms. The van der Waals surface area contributed by atoms with Crippen molar-refractivity contribution in [1.29, 1.82) is 0 Å². The number of nitrogens with zero attached hydrogens (tertiary/aromatic N) is 4. The van der Waals surface area contributed by atoms with Gasteiger partial charge in [0.25, 0.3) is 6.01 Å². The number of fused-ring (bicyclic) bond motifs is 1. The number of anilines is 1. The van der Waals surface area contributed by atoms with Crippen molar-refractivity contribution in [3.8, 4) is 0 Å². The summed E-state index contributed by atoms with van der Waals surface area (Å²) in [5.41, 5.74) is 4.36. The molecular formula is C25H30N4O2. The van der Waals surface area contributed by atoms with Crippen LogP contribution in [0.3, 0.4) is 0 Å². The molecule has 0 bridgehead atoms. The first-order valence-corrected chi connectivity index (χ1v) is 11.3. The van der Waals surface area contributed by atoms with Gasteiger partial charge in [-0.1, -0.05) is 42.0 Å². The quantitative estimate of drug-likeness (QED) is 0.647. The number of carbonyl (C=O) groups is 1. The van der Waals surface area contributed by atoms with Crippen molar-refractivity contribution >= 4 is 23.0 Å². The Labute approximate surface area is 183 Å². The maximum absolute atomic E-state index is 13.1. The van der Waals surface area contributed by atoms with Gasteiger partial charge in [-0.25, -0.2) is 0 Å². The summed E-state index contributed by atoms with van der Waals surface area (Å²) in [6, 6.07) is 17.2. The maximum Gasteiger partial charge on any atom is 0.298 e. The molecule has 2 aromatic carbocycles. The zero-order valence-corrected chi connectivity index (χ0v) is 18.2. The molecule has 0 radical (unpaired) electrons. The van der Waals surface area contributed by atoms with Crippen LogP contribution in [0.2, 0.25) is 0 Å². The van der Waals surface area contributed by atoms with E-state index in [0.717, 1.165) is 69.8 Å². The van der Waals surface area contributed by atoms with Crippen LogP contribution in [0.25, 0.3) is 11.1 Å². The summed E-state index contributed by atoms with van der Waals surface area (Å²) in [5, 5.41) is 0. The zero-order chi connectivity index (χ0) is 21.2. The fourth-order valence-corrected chi connectivity index (χ4v) is 4.77. The summed E-state index contributed by atoms with van der Waals surface area (Å²) >= 11 is 0. The molecule has 1 amide bonds. The van der Waals surface area contributed by atoms with Crippen LogP contribution in [0, 0.1) is 12.8 Å². The van der Waals surface area contributed by atoms with Gasteiger partial charge in [-0.3, -0.25) is 9.69 Å². The first-order valence-electron chi connectivity index (χ1n) is 11.3.